The molecule has 0 amide bonds. The van der Waals surface area contributed by atoms with Crippen LogP contribution in [0.5, 0.6) is 0 Å². The minimum Gasteiger partial charge on any atom is -0.467 e. The van der Waals surface area contributed by atoms with Crippen molar-refractivity contribution in [3.05, 3.63) is 23.7 Å². The minimum absolute atomic E-state index is 0.474. The molecule has 1 N–H and O–H groups in total. The van der Waals surface area contributed by atoms with E-state index in [2.05, 4.69) is 12.2 Å². The molecule has 1 aromatic heterocycles. The highest BCUT2D eigenvalue weighted by Gasteiger charge is 2.18. The van der Waals surface area contributed by atoms with Crippen LogP contribution < -0.4 is 5.32 Å². The molecule has 0 aliphatic heterocycles. The van der Waals surface area contributed by atoms with E-state index in [1.54, 1.807) is 6.26 Å². The first kappa shape index (κ1) is 11.7. The van der Waals surface area contributed by atoms with Crippen molar-refractivity contribution in [2.24, 2.45) is 0 Å². The lowest BCUT2D eigenvalue weighted by atomic mass is 9.96. The molecular formula is C13H21NO2. The topological polar surface area (TPSA) is 34.4 Å². The molecule has 3 heteroatoms. The van der Waals surface area contributed by atoms with E-state index < -0.39 is 0 Å². The highest BCUT2D eigenvalue weighted by molar-refractivity contribution is 5.16. The summed E-state index contributed by atoms with van der Waals surface area (Å²) in [6.07, 6.45) is 7.12. The van der Waals surface area contributed by atoms with E-state index in [9.17, 15) is 0 Å². The van der Waals surface area contributed by atoms with Crippen molar-refractivity contribution in [2.45, 2.75) is 51.9 Å². The first-order valence-corrected chi connectivity index (χ1v) is 6.27. The molecule has 1 aliphatic carbocycles. The summed E-state index contributed by atoms with van der Waals surface area (Å²) < 4.78 is 11.2. The average Bonchev–Trinajstić information content (AvgIpc) is 2.64. The highest BCUT2D eigenvalue weighted by Crippen LogP contribution is 2.24. The molecule has 1 heterocycles. The molecule has 0 bridgehead atoms. The van der Waals surface area contributed by atoms with Gasteiger partial charge in [-0.3, -0.25) is 0 Å². The summed E-state index contributed by atoms with van der Waals surface area (Å²) in [5, 5.41) is 3.38. The molecule has 16 heavy (non-hydrogen) atoms. The number of rotatable bonds is 7. The quantitative estimate of drug-likeness (QED) is 0.722. The van der Waals surface area contributed by atoms with Crippen LogP contribution in [0.4, 0.5) is 0 Å². The van der Waals surface area contributed by atoms with Gasteiger partial charge in [-0.15, -0.1) is 0 Å². The van der Waals surface area contributed by atoms with Crippen LogP contribution in [0, 0.1) is 0 Å². The highest BCUT2D eigenvalue weighted by atomic mass is 16.5. The number of nitrogens with one attached hydrogen (secondary N) is 1. The van der Waals surface area contributed by atoms with Crippen LogP contribution in [0.1, 0.15) is 43.9 Å². The maximum absolute atomic E-state index is 5.75. The van der Waals surface area contributed by atoms with Crippen molar-refractivity contribution in [3.63, 3.8) is 0 Å². The van der Waals surface area contributed by atoms with Crippen molar-refractivity contribution >= 4 is 0 Å². The maximum Gasteiger partial charge on any atom is 0.133 e. The second kappa shape index (κ2) is 6.06. The predicted octanol–water partition coefficient (Wildman–Crippen LogP) is 2.85. The molecule has 0 unspecified atom stereocenters. The Balaban J connectivity index is 1.76. The van der Waals surface area contributed by atoms with Gasteiger partial charge in [-0.1, -0.05) is 6.92 Å². The summed E-state index contributed by atoms with van der Waals surface area (Å²) in [5.41, 5.74) is 1.23. The lowest BCUT2D eigenvalue weighted by molar-refractivity contribution is -0.0161. The van der Waals surface area contributed by atoms with E-state index >= 15 is 0 Å². The van der Waals surface area contributed by atoms with Crippen LogP contribution >= 0.6 is 0 Å². The van der Waals surface area contributed by atoms with Gasteiger partial charge in [0.2, 0.25) is 0 Å². The zero-order valence-corrected chi connectivity index (χ0v) is 10.00. The lowest BCUT2D eigenvalue weighted by Crippen LogP contribution is -2.21. The fourth-order valence-corrected chi connectivity index (χ4v) is 1.78. The van der Waals surface area contributed by atoms with Crippen molar-refractivity contribution in [1.29, 1.82) is 0 Å². The van der Waals surface area contributed by atoms with E-state index in [4.69, 9.17) is 9.15 Å². The van der Waals surface area contributed by atoms with Crippen molar-refractivity contribution in [2.75, 3.05) is 6.54 Å². The Labute approximate surface area is 97.2 Å². The van der Waals surface area contributed by atoms with Gasteiger partial charge in [0.15, 0.2) is 0 Å². The third-order valence-electron chi connectivity index (χ3n) is 3.08. The SMILES string of the molecule is CCCNCc1ccoc1COC1CCC1. The Bertz CT molecular complexity index is 305. The zero-order valence-electron chi connectivity index (χ0n) is 10.00. The van der Waals surface area contributed by atoms with Crippen LogP contribution in [0.15, 0.2) is 16.7 Å². The molecule has 0 spiro atoms. The van der Waals surface area contributed by atoms with Crippen LogP contribution in [-0.4, -0.2) is 12.6 Å². The average molecular weight is 223 g/mol. The first-order chi connectivity index (χ1) is 7.90. The number of hydrogen-bond donors (Lipinski definition) is 1. The van der Waals surface area contributed by atoms with Gasteiger partial charge in [-0.05, 0) is 38.3 Å². The van der Waals surface area contributed by atoms with E-state index in [0.717, 1.165) is 25.3 Å². The number of ether oxygens (including phenoxy) is 1. The Kier molecular flexibility index (Phi) is 4.43. The molecule has 90 valence electrons. The second-order valence-electron chi connectivity index (χ2n) is 4.41. The summed E-state index contributed by atoms with van der Waals surface area (Å²) in [7, 11) is 0. The summed E-state index contributed by atoms with van der Waals surface area (Å²) in [4.78, 5) is 0. The molecule has 0 atom stereocenters. The summed E-state index contributed by atoms with van der Waals surface area (Å²) >= 11 is 0. The first-order valence-electron chi connectivity index (χ1n) is 6.27. The molecule has 1 saturated carbocycles. The Morgan fingerprint density at radius 3 is 3.06 bits per heavy atom. The summed E-state index contributed by atoms with van der Waals surface area (Å²) in [6.45, 7) is 4.73. The molecule has 1 fully saturated rings. The molecule has 1 aromatic rings. The van der Waals surface area contributed by atoms with Crippen LogP contribution in [-0.2, 0) is 17.9 Å². The van der Waals surface area contributed by atoms with E-state index in [1.807, 2.05) is 6.07 Å². The van der Waals surface area contributed by atoms with Gasteiger partial charge in [0.25, 0.3) is 0 Å². The van der Waals surface area contributed by atoms with E-state index in [-0.39, 0.29) is 0 Å². The van der Waals surface area contributed by atoms with Crippen molar-refractivity contribution in [1.82, 2.24) is 5.32 Å². The molecule has 3 nitrogen and oxygen atoms in total. The second-order valence-corrected chi connectivity index (χ2v) is 4.41. The zero-order chi connectivity index (χ0) is 11.2. The lowest BCUT2D eigenvalue weighted by Gasteiger charge is -2.25. The standard InChI is InChI=1S/C13H21NO2/c1-2-7-14-9-11-6-8-15-13(11)10-16-12-4-3-5-12/h6,8,12,14H,2-5,7,9-10H2,1H3. The van der Waals surface area contributed by atoms with Crippen molar-refractivity contribution < 1.29 is 9.15 Å². The van der Waals surface area contributed by atoms with Gasteiger partial charge < -0.3 is 14.5 Å². The molecule has 0 aromatic carbocycles. The Hall–Kier alpha value is -0.800. The maximum atomic E-state index is 5.75. The van der Waals surface area contributed by atoms with Crippen LogP contribution in [0.25, 0.3) is 0 Å². The number of furan rings is 1. The third-order valence-corrected chi connectivity index (χ3v) is 3.08. The van der Waals surface area contributed by atoms with Gasteiger partial charge in [0, 0.05) is 12.1 Å². The number of hydrogen-bond acceptors (Lipinski definition) is 3. The smallest absolute Gasteiger partial charge is 0.133 e. The minimum atomic E-state index is 0.474. The summed E-state index contributed by atoms with van der Waals surface area (Å²) in [5.74, 6) is 0.982. The Morgan fingerprint density at radius 2 is 2.38 bits per heavy atom. The fourth-order valence-electron chi connectivity index (χ4n) is 1.78. The predicted molar refractivity (Wildman–Crippen MR) is 63.1 cm³/mol. The monoisotopic (exact) mass is 223 g/mol. The van der Waals surface area contributed by atoms with Gasteiger partial charge in [0.1, 0.15) is 12.4 Å². The normalized spacial score (nSPS) is 16.3. The van der Waals surface area contributed by atoms with Crippen LogP contribution in [0.2, 0.25) is 0 Å². The molecule has 1 aliphatic rings. The van der Waals surface area contributed by atoms with Gasteiger partial charge in [-0.25, -0.2) is 0 Å². The molecule has 0 radical (unpaired) electrons. The van der Waals surface area contributed by atoms with E-state index in [1.165, 1.54) is 24.8 Å². The largest absolute Gasteiger partial charge is 0.467 e. The van der Waals surface area contributed by atoms with Gasteiger partial charge >= 0.3 is 0 Å². The summed E-state index contributed by atoms with van der Waals surface area (Å²) in [6, 6.07) is 2.03. The van der Waals surface area contributed by atoms with Gasteiger partial charge in [0.05, 0.1) is 12.4 Å². The molecule has 0 saturated heterocycles. The Morgan fingerprint density at radius 1 is 1.50 bits per heavy atom. The van der Waals surface area contributed by atoms with E-state index in [0.29, 0.717) is 12.7 Å². The van der Waals surface area contributed by atoms with Gasteiger partial charge in [-0.2, -0.15) is 0 Å². The third kappa shape index (κ3) is 3.09. The molecular weight excluding hydrogens is 202 g/mol. The van der Waals surface area contributed by atoms with Crippen LogP contribution in [0.3, 0.4) is 0 Å². The van der Waals surface area contributed by atoms with Crippen molar-refractivity contribution in [3.8, 4) is 0 Å². The molecule has 2 rings (SSSR count). The fraction of sp³-hybridized carbons (Fsp3) is 0.692.